The molecule has 0 radical (unpaired) electrons. The maximum absolute atomic E-state index is 5.33. The van der Waals surface area contributed by atoms with Gasteiger partial charge in [0.15, 0.2) is 0 Å². The van der Waals surface area contributed by atoms with Crippen molar-refractivity contribution in [3.8, 4) is 5.75 Å². The first kappa shape index (κ1) is 13.8. The lowest BCUT2D eigenvalue weighted by Gasteiger charge is -2.07. The van der Waals surface area contributed by atoms with Crippen LogP contribution in [0.25, 0.3) is 6.08 Å². The molecule has 2 nitrogen and oxygen atoms in total. The van der Waals surface area contributed by atoms with Crippen LogP contribution in [0.3, 0.4) is 0 Å². The summed E-state index contributed by atoms with van der Waals surface area (Å²) in [6.45, 7) is 5.07. The zero-order valence-corrected chi connectivity index (χ0v) is 11.2. The summed E-state index contributed by atoms with van der Waals surface area (Å²) in [4.78, 5) is 0. The van der Waals surface area contributed by atoms with Gasteiger partial charge in [0.1, 0.15) is 5.75 Å². The van der Waals surface area contributed by atoms with Gasteiger partial charge in [-0.2, -0.15) is 0 Å². The summed E-state index contributed by atoms with van der Waals surface area (Å²) in [6, 6.07) is 6.20. The number of allylic oxidation sites excluding steroid dienone is 1. The minimum absolute atomic E-state index is 0.548. The van der Waals surface area contributed by atoms with Crippen molar-refractivity contribution in [1.29, 1.82) is 0 Å². The predicted molar refractivity (Wildman–Crippen MR) is 72.4 cm³/mol. The second-order valence-corrected chi connectivity index (χ2v) is 4.44. The summed E-state index contributed by atoms with van der Waals surface area (Å²) in [6.07, 6.45) is 5.32. The van der Waals surface area contributed by atoms with Gasteiger partial charge >= 0.3 is 0 Å². The zero-order valence-electron chi connectivity index (χ0n) is 11.2. The standard InChI is InChI=1S/C15H22O2/c1-12-8-9-15(17-4)14(10-12)7-5-6-13(2)11-16-3/h5,7-10,13H,6,11H2,1-4H3/b7-5+/t13-/m0/s1. The predicted octanol–water partition coefficient (Wildman–Crippen LogP) is 3.69. The molecule has 0 saturated carbocycles. The highest BCUT2D eigenvalue weighted by Crippen LogP contribution is 2.21. The number of hydrogen-bond acceptors (Lipinski definition) is 2. The molecule has 1 aromatic rings. The van der Waals surface area contributed by atoms with Crippen molar-refractivity contribution in [2.24, 2.45) is 5.92 Å². The van der Waals surface area contributed by atoms with Crippen LogP contribution in [0.4, 0.5) is 0 Å². The third kappa shape index (κ3) is 4.61. The minimum atomic E-state index is 0.548. The maximum Gasteiger partial charge on any atom is 0.126 e. The third-order valence-corrected chi connectivity index (χ3v) is 2.67. The minimum Gasteiger partial charge on any atom is -0.496 e. The average molecular weight is 234 g/mol. The number of rotatable bonds is 6. The van der Waals surface area contributed by atoms with Crippen LogP contribution >= 0.6 is 0 Å². The molecule has 17 heavy (non-hydrogen) atoms. The molecule has 0 aliphatic heterocycles. The Morgan fingerprint density at radius 3 is 2.71 bits per heavy atom. The molecule has 0 fully saturated rings. The lowest BCUT2D eigenvalue weighted by Crippen LogP contribution is -2.01. The smallest absolute Gasteiger partial charge is 0.126 e. The van der Waals surface area contributed by atoms with Crippen molar-refractivity contribution in [2.75, 3.05) is 20.8 Å². The van der Waals surface area contributed by atoms with Gasteiger partial charge in [-0.05, 0) is 31.4 Å². The Morgan fingerprint density at radius 1 is 1.29 bits per heavy atom. The van der Waals surface area contributed by atoms with E-state index in [1.165, 1.54) is 5.56 Å². The van der Waals surface area contributed by atoms with E-state index in [2.05, 4.69) is 38.1 Å². The zero-order chi connectivity index (χ0) is 12.7. The first-order valence-corrected chi connectivity index (χ1v) is 5.97. The number of aryl methyl sites for hydroxylation is 1. The number of ether oxygens (including phenoxy) is 2. The van der Waals surface area contributed by atoms with Crippen LogP contribution in [0.1, 0.15) is 24.5 Å². The highest BCUT2D eigenvalue weighted by atomic mass is 16.5. The first-order valence-electron chi connectivity index (χ1n) is 5.97. The van der Waals surface area contributed by atoms with Crippen LogP contribution in [0.5, 0.6) is 5.75 Å². The van der Waals surface area contributed by atoms with Crippen molar-refractivity contribution in [3.63, 3.8) is 0 Å². The van der Waals surface area contributed by atoms with Gasteiger partial charge in [0.25, 0.3) is 0 Å². The molecule has 1 rings (SSSR count). The van der Waals surface area contributed by atoms with Crippen LogP contribution in [-0.2, 0) is 4.74 Å². The Balaban J connectivity index is 2.66. The van der Waals surface area contributed by atoms with E-state index in [-0.39, 0.29) is 0 Å². The molecule has 2 heteroatoms. The number of hydrogen-bond donors (Lipinski definition) is 0. The van der Waals surface area contributed by atoms with Gasteiger partial charge in [0.2, 0.25) is 0 Å². The summed E-state index contributed by atoms with van der Waals surface area (Å²) in [5, 5.41) is 0. The maximum atomic E-state index is 5.33. The highest BCUT2D eigenvalue weighted by molar-refractivity contribution is 5.58. The molecule has 1 atom stereocenters. The molecule has 94 valence electrons. The first-order chi connectivity index (χ1) is 8.17. The molecule has 0 amide bonds. The van der Waals surface area contributed by atoms with Gasteiger partial charge in [-0.1, -0.05) is 30.7 Å². The van der Waals surface area contributed by atoms with E-state index in [9.17, 15) is 0 Å². The summed E-state index contributed by atoms with van der Waals surface area (Å²) >= 11 is 0. The second kappa shape index (κ2) is 7.13. The highest BCUT2D eigenvalue weighted by Gasteiger charge is 2.00. The largest absolute Gasteiger partial charge is 0.496 e. The Hall–Kier alpha value is -1.28. The van der Waals surface area contributed by atoms with Crippen LogP contribution in [0, 0.1) is 12.8 Å². The Kier molecular flexibility index (Phi) is 5.78. The summed E-state index contributed by atoms with van der Waals surface area (Å²) in [5.74, 6) is 1.47. The molecule has 1 aromatic carbocycles. The van der Waals surface area contributed by atoms with Gasteiger partial charge in [-0.15, -0.1) is 0 Å². The lowest BCUT2D eigenvalue weighted by atomic mass is 10.1. The fourth-order valence-corrected chi connectivity index (χ4v) is 1.76. The van der Waals surface area contributed by atoms with E-state index in [1.54, 1.807) is 14.2 Å². The third-order valence-electron chi connectivity index (χ3n) is 2.67. The fraction of sp³-hybridized carbons (Fsp3) is 0.467. The molecular formula is C15H22O2. The second-order valence-electron chi connectivity index (χ2n) is 4.44. The van der Waals surface area contributed by atoms with Gasteiger partial charge in [0, 0.05) is 19.3 Å². The van der Waals surface area contributed by atoms with Crippen LogP contribution in [0.2, 0.25) is 0 Å². The number of methoxy groups -OCH3 is 2. The molecule has 0 aliphatic carbocycles. The van der Waals surface area contributed by atoms with Crippen LogP contribution < -0.4 is 4.74 Å². The topological polar surface area (TPSA) is 18.5 Å². The van der Waals surface area contributed by atoms with Gasteiger partial charge in [-0.25, -0.2) is 0 Å². The monoisotopic (exact) mass is 234 g/mol. The lowest BCUT2D eigenvalue weighted by molar-refractivity contribution is 0.161. The van der Waals surface area contributed by atoms with Gasteiger partial charge < -0.3 is 9.47 Å². The Morgan fingerprint density at radius 2 is 2.06 bits per heavy atom. The van der Waals surface area contributed by atoms with Crippen molar-refractivity contribution in [2.45, 2.75) is 20.3 Å². The Bertz CT molecular complexity index is 369. The molecule has 0 unspecified atom stereocenters. The normalized spacial score (nSPS) is 12.9. The molecule has 0 bridgehead atoms. The summed E-state index contributed by atoms with van der Waals surface area (Å²) < 4.78 is 10.4. The van der Waals surface area contributed by atoms with Crippen molar-refractivity contribution in [3.05, 3.63) is 35.4 Å². The van der Waals surface area contributed by atoms with Crippen LogP contribution in [-0.4, -0.2) is 20.8 Å². The molecule has 0 spiro atoms. The quantitative estimate of drug-likeness (QED) is 0.747. The van der Waals surface area contributed by atoms with Gasteiger partial charge in [0.05, 0.1) is 7.11 Å². The van der Waals surface area contributed by atoms with Gasteiger partial charge in [-0.3, -0.25) is 0 Å². The Labute approximate surface area is 104 Å². The SMILES string of the molecule is COC[C@@H](C)C/C=C/c1cc(C)ccc1OC. The van der Waals surface area contributed by atoms with E-state index in [1.807, 2.05) is 6.07 Å². The van der Waals surface area contributed by atoms with Crippen molar-refractivity contribution < 1.29 is 9.47 Å². The average Bonchev–Trinajstić information content (AvgIpc) is 2.30. The van der Waals surface area contributed by atoms with Crippen molar-refractivity contribution >= 4 is 6.08 Å². The summed E-state index contributed by atoms with van der Waals surface area (Å²) in [5.41, 5.74) is 2.38. The van der Waals surface area contributed by atoms with E-state index in [4.69, 9.17) is 9.47 Å². The fourth-order valence-electron chi connectivity index (χ4n) is 1.76. The molecule has 0 saturated heterocycles. The van der Waals surface area contributed by atoms with E-state index in [0.717, 1.165) is 24.3 Å². The molecular weight excluding hydrogens is 212 g/mol. The molecule has 0 aromatic heterocycles. The molecule has 0 heterocycles. The number of benzene rings is 1. The van der Waals surface area contributed by atoms with Crippen molar-refractivity contribution in [1.82, 2.24) is 0 Å². The molecule has 0 aliphatic rings. The summed E-state index contributed by atoms with van der Waals surface area (Å²) in [7, 11) is 3.44. The van der Waals surface area contributed by atoms with E-state index < -0.39 is 0 Å². The molecule has 0 N–H and O–H groups in total. The van der Waals surface area contributed by atoms with E-state index >= 15 is 0 Å². The van der Waals surface area contributed by atoms with E-state index in [0.29, 0.717) is 5.92 Å². The van der Waals surface area contributed by atoms with Crippen LogP contribution in [0.15, 0.2) is 24.3 Å².